The molecule has 0 radical (unpaired) electrons. The Kier molecular flexibility index (Phi) is 3.89. The summed E-state index contributed by atoms with van der Waals surface area (Å²) in [6, 6.07) is 9.74. The molecule has 20 heavy (non-hydrogen) atoms. The molecular formula is C15H15NO4. The van der Waals surface area contributed by atoms with Gasteiger partial charge in [-0.2, -0.15) is 0 Å². The summed E-state index contributed by atoms with van der Waals surface area (Å²) >= 11 is 0. The van der Waals surface area contributed by atoms with E-state index in [-0.39, 0.29) is 5.91 Å². The first kappa shape index (κ1) is 13.9. The van der Waals surface area contributed by atoms with E-state index in [1.807, 2.05) is 18.2 Å². The van der Waals surface area contributed by atoms with Crippen molar-refractivity contribution in [1.29, 1.82) is 0 Å². The summed E-state index contributed by atoms with van der Waals surface area (Å²) < 4.78 is 5.14. The Morgan fingerprint density at radius 1 is 1.15 bits per heavy atom. The zero-order valence-corrected chi connectivity index (χ0v) is 11.2. The number of amides is 1. The molecule has 0 spiro atoms. The number of carboxylic acids is 1. The monoisotopic (exact) mass is 273 g/mol. The van der Waals surface area contributed by atoms with E-state index in [0.717, 1.165) is 16.5 Å². The number of hydrogen-bond acceptors (Lipinski definition) is 3. The van der Waals surface area contributed by atoms with Crippen LogP contribution in [0.1, 0.15) is 18.5 Å². The van der Waals surface area contributed by atoms with E-state index >= 15 is 0 Å². The molecule has 2 rings (SSSR count). The van der Waals surface area contributed by atoms with Gasteiger partial charge in [-0.3, -0.25) is 4.79 Å². The molecule has 2 aromatic carbocycles. The molecular weight excluding hydrogens is 258 g/mol. The highest BCUT2D eigenvalue weighted by molar-refractivity contribution is 5.88. The van der Waals surface area contributed by atoms with Crippen LogP contribution < -0.4 is 10.1 Å². The van der Waals surface area contributed by atoms with E-state index in [0.29, 0.717) is 5.56 Å². The molecule has 0 bridgehead atoms. The zero-order valence-electron chi connectivity index (χ0n) is 11.2. The Morgan fingerprint density at radius 3 is 2.40 bits per heavy atom. The van der Waals surface area contributed by atoms with Crippen molar-refractivity contribution in [3.05, 3.63) is 42.0 Å². The van der Waals surface area contributed by atoms with Crippen molar-refractivity contribution < 1.29 is 19.4 Å². The number of carbonyl (C=O) groups excluding carboxylic acids is 1. The van der Waals surface area contributed by atoms with Gasteiger partial charge in [-0.05, 0) is 34.5 Å². The van der Waals surface area contributed by atoms with Gasteiger partial charge in [0.05, 0.1) is 7.11 Å². The Labute approximate surface area is 116 Å². The van der Waals surface area contributed by atoms with Gasteiger partial charge in [-0.15, -0.1) is 0 Å². The van der Waals surface area contributed by atoms with Crippen molar-refractivity contribution in [1.82, 2.24) is 5.32 Å². The zero-order chi connectivity index (χ0) is 14.7. The van der Waals surface area contributed by atoms with Gasteiger partial charge in [0.2, 0.25) is 5.91 Å². The van der Waals surface area contributed by atoms with Gasteiger partial charge in [0.25, 0.3) is 0 Å². The molecule has 1 unspecified atom stereocenters. The summed E-state index contributed by atoms with van der Waals surface area (Å²) in [6.45, 7) is 1.29. The highest BCUT2D eigenvalue weighted by Gasteiger charge is 2.20. The van der Waals surface area contributed by atoms with Gasteiger partial charge >= 0.3 is 5.97 Å². The van der Waals surface area contributed by atoms with Gasteiger partial charge in [0.15, 0.2) is 6.04 Å². The third-order valence-electron chi connectivity index (χ3n) is 3.00. The molecule has 0 aliphatic heterocycles. The molecule has 0 saturated heterocycles. The number of carboxylic acid groups (broad SMARTS) is 1. The molecule has 5 heteroatoms. The second kappa shape index (κ2) is 5.61. The maximum atomic E-state index is 11.2. The molecule has 104 valence electrons. The maximum Gasteiger partial charge on any atom is 0.330 e. The number of carbonyl (C=O) groups is 2. The molecule has 2 aromatic rings. The molecule has 0 fully saturated rings. The predicted octanol–water partition coefficient (Wildman–Crippen LogP) is 2.11. The normalized spacial score (nSPS) is 11.9. The lowest BCUT2D eigenvalue weighted by Gasteiger charge is -2.14. The maximum absolute atomic E-state index is 11.2. The molecule has 0 aliphatic carbocycles. The van der Waals surface area contributed by atoms with Crippen LogP contribution in [0.4, 0.5) is 0 Å². The van der Waals surface area contributed by atoms with Gasteiger partial charge in [-0.1, -0.05) is 18.2 Å². The van der Waals surface area contributed by atoms with Crippen molar-refractivity contribution >= 4 is 22.6 Å². The largest absolute Gasteiger partial charge is 0.497 e. The predicted molar refractivity (Wildman–Crippen MR) is 74.7 cm³/mol. The van der Waals surface area contributed by atoms with Crippen molar-refractivity contribution in [2.24, 2.45) is 0 Å². The van der Waals surface area contributed by atoms with Crippen LogP contribution in [0, 0.1) is 0 Å². The summed E-state index contributed by atoms with van der Waals surface area (Å²) in [7, 11) is 1.59. The standard InChI is InChI=1S/C15H15NO4/c1-9(17)16-14(15(18)19)12-4-3-11-8-13(20-2)6-5-10(11)7-12/h3-8,14H,1-2H3,(H,16,17)(H,18,19). The molecule has 0 aromatic heterocycles. The minimum absolute atomic E-state index is 0.382. The van der Waals surface area contributed by atoms with Crippen LogP contribution in [0.25, 0.3) is 10.8 Å². The minimum atomic E-state index is -1.09. The second-order valence-electron chi connectivity index (χ2n) is 4.44. The number of nitrogens with one attached hydrogen (secondary N) is 1. The van der Waals surface area contributed by atoms with E-state index in [2.05, 4.69) is 5.32 Å². The average molecular weight is 273 g/mol. The summed E-state index contributed by atoms with van der Waals surface area (Å²) in [6.07, 6.45) is 0. The molecule has 0 aliphatic rings. The molecule has 0 heterocycles. The quantitative estimate of drug-likeness (QED) is 0.894. The second-order valence-corrected chi connectivity index (χ2v) is 4.44. The highest BCUT2D eigenvalue weighted by Crippen LogP contribution is 2.24. The van der Waals surface area contributed by atoms with E-state index in [1.54, 1.807) is 25.3 Å². The third-order valence-corrected chi connectivity index (χ3v) is 3.00. The van der Waals surface area contributed by atoms with Gasteiger partial charge in [0, 0.05) is 6.92 Å². The number of methoxy groups -OCH3 is 1. The van der Waals surface area contributed by atoms with Crippen LogP contribution in [0.15, 0.2) is 36.4 Å². The summed E-state index contributed by atoms with van der Waals surface area (Å²) in [4.78, 5) is 22.3. The lowest BCUT2D eigenvalue weighted by molar-refractivity contribution is -0.141. The number of fused-ring (bicyclic) bond motifs is 1. The Balaban J connectivity index is 2.44. The SMILES string of the molecule is COc1ccc2cc(C(NC(C)=O)C(=O)O)ccc2c1. The fourth-order valence-corrected chi connectivity index (χ4v) is 2.04. The van der Waals surface area contributed by atoms with Gasteiger partial charge in [-0.25, -0.2) is 4.79 Å². The van der Waals surface area contributed by atoms with Crippen molar-refractivity contribution in [3.8, 4) is 5.75 Å². The first-order chi connectivity index (χ1) is 9.51. The smallest absolute Gasteiger partial charge is 0.330 e. The van der Waals surface area contributed by atoms with Crippen LogP contribution in [0.3, 0.4) is 0 Å². The van der Waals surface area contributed by atoms with Gasteiger partial charge < -0.3 is 15.2 Å². The third kappa shape index (κ3) is 2.88. The van der Waals surface area contributed by atoms with Crippen LogP contribution in [-0.2, 0) is 9.59 Å². The first-order valence-corrected chi connectivity index (χ1v) is 6.09. The van der Waals surface area contributed by atoms with E-state index < -0.39 is 12.0 Å². The number of hydrogen-bond donors (Lipinski definition) is 2. The van der Waals surface area contributed by atoms with Crippen LogP contribution in [-0.4, -0.2) is 24.1 Å². The Morgan fingerprint density at radius 2 is 1.80 bits per heavy atom. The van der Waals surface area contributed by atoms with E-state index in [9.17, 15) is 14.7 Å². The Bertz CT molecular complexity index is 666. The van der Waals surface area contributed by atoms with E-state index in [4.69, 9.17) is 4.74 Å². The minimum Gasteiger partial charge on any atom is -0.497 e. The van der Waals surface area contributed by atoms with Crippen LogP contribution in [0.2, 0.25) is 0 Å². The topological polar surface area (TPSA) is 75.6 Å². The first-order valence-electron chi connectivity index (χ1n) is 6.09. The van der Waals surface area contributed by atoms with Gasteiger partial charge in [0.1, 0.15) is 5.75 Å². The number of benzene rings is 2. The lowest BCUT2D eigenvalue weighted by atomic mass is 10.0. The summed E-state index contributed by atoms with van der Waals surface area (Å²) in [5, 5.41) is 13.4. The van der Waals surface area contributed by atoms with E-state index in [1.165, 1.54) is 6.92 Å². The fourth-order valence-electron chi connectivity index (χ4n) is 2.04. The summed E-state index contributed by atoms with van der Waals surface area (Å²) in [5.41, 5.74) is 0.533. The van der Waals surface area contributed by atoms with Crippen LogP contribution >= 0.6 is 0 Å². The molecule has 1 amide bonds. The number of ether oxygens (including phenoxy) is 1. The van der Waals surface area contributed by atoms with Crippen molar-refractivity contribution in [3.63, 3.8) is 0 Å². The molecule has 2 N–H and O–H groups in total. The number of aliphatic carboxylic acids is 1. The van der Waals surface area contributed by atoms with Crippen molar-refractivity contribution in [2.75, 3.05) is 7.11 Å². The number of rotatable bonds is 4. The lowest BCUT2D eigenvalue weighted by Crippen LogP contribution is -2.31. The summed E-state index contributed by atoms with van der Waals surface area (Å²) in [5.74, 6) is -0.734. The van der Waals surface area contributed by atoms with Crippen molar-refractivity contribution in [2.45, 2.75) is 13.0 Å². The highest BCUT2D eigenvalue weighted by atomic mass is 16.5. The molecule has 0 saturated carbocycles. The van der Waals surface area contributed by atoms with Crippen LogP contribution in [0.5, 0.6) is 5.75 Å². The molecule has 1 atom stereocenters. The average Bonchev–Trinajstić information content (AvgIpc) is 2.43. The fraction of sp³-hybridized carbons (Fsp3) is 0.200. The Hall–Kier alpha value is -2.56. The molecule has 5 nitrogen and oxygen atoms in total.